The van der Waals surface area contributed by atoms with E-state index in [1.807, 2.05) is 10.6 Å². The van der Waals surface area contributed by atoms with E-state index in [2.05, 4.69) is 10.2 Å². The molecule has 1 aliphatic heterocycles. The maximum absolute atomic E-state index is 16.2. The summed E-state index contributed by atoms with van der Waals surface area (Å²) < 4.78 is 43.5. The molecule has 0 unspecified atom stereocenters. The number of nitrogens with one attached hydrogen (secondary N) is 1. The van der Waals surface area contributed by atoms with Crippen LogP contribution in [0.15, 0.2) is 30.5 Å². The lowest BCUT2D eigenvalue weighted by molar-refractivity contribution is -0.175. The van der Waals surface area contributed by atoms with Crippen LogP contribution in [0.4, 0.5) is 8.78 Å². The molecule has 9 heteroatoms. The minimum Gasteiger partial charge on any atom is -0.479 e. The molecule has 0 radical (unpaired) electrons. The predicted octanol–water partition coefficient (Wildman–Crippen LogP) is 5.33. The minimum atomic E-state index is -1.28. The van der Waals surface area contributed by atoms with E-state index in [4.69, 9.17) is 9.47 Å². The summed E-state index contributed by atoms with van der Waals surface area (Å²) in [6.07, 6.45) is 3.59. The molecule has 2 fully saturated rings. The van der Waals surface area contributed by atoms with E-state index >= 15 is 4.39 Å². The quantitative estimate of drug-likeness (QED) is 0.390. The Morgan fingerprint density at radius 3 is 2.64 bits per heavy atom. The predicted molar refractivity (Wildman–Crippen MR) is 130 cm³/mol. The second-order valence-corrected chi connectivity index (χ2v) is 9.98. The number of aryl methyl sites for hydroxylation is 1. The number of carbonyl (C=O) groups is 1. The zero-order chi connectivity index (χ0) is 25.2. The highest BCUT2D eigenvalue weighted by molar-refractivity contribution is 6.00. The molecule has 2 aromatic heterocycles. The maximum Gasteiger partial charge on any atom is 0.335 e. The lowest BCUT2D eigenvalue weighted by Gasteiger charge is -2.44. The molecule has 7 nitrogen and oxygen atoms in total. The Balaban J connectivity index is 1.68. The number of carboxylic acid groups (broad SMARTS) is 1. The van der Waals surface area contributed by atoms with E-state index in [0.717, 1.165) is 29.8 Å². The molecular weight excluding hydrogens is 468 g/mol. The second-order valence-electron chi connectivity index (χ2n) is 9.98. The normalized spacial score (nSPS) is 22.8. The van der Waals surface area contributed by atoms with Gasteiger partial charge in [-0.3, -0.25) is 5.10 Å². The van der Waals surface area contributed by atoms with Crippen molar-refractivity contribution in [3.8, 4) is 5.69 Å². The van der Waals surface area contributed by atoms with Crippen molar-refractivity contribution in [1.82, 2.24) is 14.8 Å². The summed E-state index contributed by atoms with van der Waals surface area (Å²) in [6.45, 7) is 2.88. The Bertz CT molecular complexity index is 1500. The number of nitrogens with zero attached hydrogens (tertiary/aromatic N) is 2. The standard InChI is InChI=1S/C27H27F2N3O4/c1-14-9-18(3-4-19(14)28)32-20-10-16-13-30-31-24(16)23(29)22(20)21(25(32)15-5-7-36-8-6-15)17-11-27(12-17,35-2)26(33)34/h3-4,9-10,13,15,17H,5-8,11-12H2,1-2H3,(H,30,31)(H,33,34). The van der Waals surface area contributed by atoms with Gasteiger partial charge in [0, 0.05) is 48.4 Å². The van der Waals surface area contributed by atoms with E-state index < -0.39 is 17.4 Å². The first-order valence-electron chi connectivity index (χ1n) is 12.2. The topological polar surface area (TPSA) is 89.4 Å². The minimum absolute atomic E-state index is 0.0738. The number of ether oxygens (including phenoxy) is 2. The van der Waals surface area contributed by atoms with Gasteiger partial charge in [-0.1, -0.05) is 0 Å². The van der Waals surface area contributed by atoms with E-state index in [0.29, 0.717) is 40.6 Å². The van der Waals surface area contributed by atoms with Crippen LogP contribution >= 0.6 is 0 Å². The molecule has 1 saturated carbocycles. The number of rotatable bonds is 5. The molecule has 6 rings (SSSR count). The highest BCUT2D eigenvalue weighted by Crippen LogP contribution is 2.53. The molecule has 36 heavy (non-hydrogen) atoms. The summed E-state index contributed by atoms with van der Waals surface area (Å²) in [6, 6.07) is 6.82. The lowest BCUT2D eigenvalue weighted by atomic mass is 9.66. The van der Waals surface area contributed by atoms with E-state index in [9.17, 15) is 14.3 Å². The van der Waals surface area contributed by atoms with Crippen LogP contribution in [-0.4, -0.2) is 51.8 Å². The number of hydrogen-bond donors (Lipinski definition) is 2. The van der Waals surface area contributed by atoms with Crippen molar-refractivity contribution in [1.29, 1.82) is 0 Å². The fourth-order valence-electron chi connectivity index (χ4n) is 6.05. The SMILES string of the molecule is COC1(C(=O)O)CC(c2c(C3CCOCC3)n(-c3ccc(F)c(C)c3)c3cc4cn[nH]c4c(F)c23)C1. The number of aliphatic carboxylic acids is 1. The fraction of sp³-hybridized carbons (Fsp3) is 0.407. The fourth-order valence-corrected chi connectivity index (χ4v) is 6.05. The van der Waals surface area contributed by atoms with Gasteiger partial charge < -0.3 is 19.1 Å². The smallest absolute Gasteiger partial charge is 0.335 e. The van der Waals surface area contributed by atoms with Gasteiger partial charge in [-0.25, -0.2) is 13.6 Å². The Morgan fingerprint density at radius 2 is 1.97 bits per heavy atom. The Kier molecular flexibility index (Phi) is 5.38. The van der Waals surface area contributed by atoms with Gasteiger partial charge in [0.05, 0.1) is 11.7 Å². The molecule has 1 aliphatic carbocycles. The van der Waals surface area contributed by atoms with Crippen molar-refractivity contribution in [3.05, 3.63) is 58.9 Å². The van der Waals surface area contributed by atoms with Gasteiger partial charge in [0.1, 0.15) is 11.3 Å². The number of benzene rings is 2. The first-order chi connectivity index (χ1) is 17.3. The van der Waals surface area contributed by atoms with Gasteiger partial charge in [-0.2, -0.15) is 5.10 Å². The summed E-state index contributed by atoms with van der Waals surface area (Å²) >= 11 is 0. The number of fused-ring (bicyclic) bond motifs is 2. The maximum atomic E-state index is 16.2. The summed E-state index contributed by atoms with van der Waals surface area (Å²) in [5.41, 5.74) is 2.67. The van der Waals surface area contributed by atoms with Crippen molar-refractivity contribution in [2.45, 2.75) is 50.0 Å². The third-order valence-electron chi connectivity index (χ3n) is 8.03. The molecule has 2 aliphatic rings. The first kappa shape index (κ1) is 23.1. The molecule has 0 spiro atoms. The van der Waals surface area contributed by atoms with Crippen molar-refractivity contribution in [2.75, 3.05) is 20.3 Å². The number of halogens is 2. The van der Waals surface area contributed by atoms with Crippen LogP contribution in [0.1, 0.15) is 54.3 Å². The molecule has 4 aromatic rings. The van der Waals surface area contributed by atoms with Crippen LogP contribution in [0.5, 0.6) is 0 Å². The Labute approximate surface area is 206 Å². The van der Waals surface area contributed by atoms with Crippen LogP contribution in [0.2, 0.25) is 0 Å². The molecular formula is C27H27F2N3O4. The summed E-state index contributed by atoms with van der Waals surface area (Å²) in [4.78, 5) is 12.0. The number of hydrogen-bond acceptors (Lipinski definition) is 4. The number of H-pyrrole nitrogens is 1. The largest absolute Gasteiger partial charge is 0.479 e. The Morgan fingerprint density at radius 1 is 1.22 bits per heavy atom. The van der Waals surface area contributed by atoms with Gasteiger partial charge in [0.25, 0.3) is 0 Å². The average Bonchev–Trinajstić information content (AvgIpc) is 3.45. The lowest BCUT2D eigenvalue weighted by Crippen LogP contribution is -2.51. The van der Waals surface area contributed by atoms with Gasteiger partial charge in [0.2, 0.25) is 0 Å². The summed E-state index contributed by atoms with van der Waals surface area (Å²) in [5, 5.41) is 17.7. The molecule has 0 amide bonds. The van der Waals surface area contributed by atoms with Crippen LogP contribution in [0, 0.1) is 18.6 Å². The van der Waals surface area contributed by atoms with Crippen LogP contribution in [-0.2, 0) is 14.3 Å². The van der Waals surface area contributed by atoms with Crippen LogP contribution in [0.3, 0.4) is 0 Å². The molecule has 0 atom stereocenters. The number of aromatic nitrogens is 3. The van der Waals surface area contributed by atoms with Crippen molar-refractivity contribution in [2.24, 2.45) is 0 Å². The molecule has 3 heterocycles. The van der Waals surface area contributed by atoms with Gasteiger partial charge >= 0.3 is 5.97 Å². The van der Waals surface area contributed by atoms with Gasteiger partial charge in [-0.05, 0) is 73.9 Å². The number of methoxy groups -OCH3 is 1. The molecule has 0 bridgehead atoms. The number of carboxylic acids is 1. The Hall–Kier alpha value is -3.30. The number of aromatic amines is 1. The third kappa shape index (κ3) is 3.29. The third-order valence-corrected chi connectivity index (χ3v) is 8.03. The highest BCUT2D eigenvalue weighted by atomic mass is 19.1. The van der Waals surface area contributed by atoms with Crippen LogP contribution in [0.25, 0.3) is 27.5 Å². The van der Waals surface area contributed by atoms with E-state index in [1.165, 1.54) is 13.2 Å². The van der Waals surface area contributed by atoms with Gasteiger partial charge in [0.15, 0.2) is 11.4 Å². The summed E-state index contributed by atoms with van der Waals surface area (Å²) in [5.74, 6) is -1.87. The van der Waals surface area contributed by atoms with Crippen molar-refractivity contribution < 1.29 is 28.2 Å². The monoisotopic (exact) mass is 495 g/mol. The van der Waals surface area contributed by atoms with Gasteiger partial charge in [-0.15, -0.1) is 0 Å². The first-order valence-corrected chi connectivity index (χ1v) is 12.2. The average molecular weight is 496 g/mol. The van der Waals surface area contributed by atoms with E-state index in [1.54, 1.807) is 25.3 Å². The molecule has 188 valence electrons. The molecule has 2 aromatic carbocycles. The molecule has 1 saturated heterocycles. The molecule has 2 N–H and O–H groups in total. The zero-order valence-electron chi connectivity index (χ0n) is 20.1. The second kappa shape index (κ2) is 8.38. The summed E-state index contributed by atoms with van der Waals surface area (Å²) in [7, 11) is 1.41. The van der Waals surface area contributed by atoms with E-state index in [-0.39, 0.29) is 30.5 Å². The van der Waals surface area contributed by atoms with Crippen molar-refractivity contribution in [3.63, 3.8) is 0 Å². The van der Waals surface area contributed by atoms with Crippen LogP contribution < -0.4 is 0 Å². The highest BCUT2D eigenvalue weighted by Gasteiger charge is 2.53. The van der Waals surface area contributed by atoms with Crippen molar-refractivity contribution >= 4 is 27.8 Å². The zero-order valence-corrected chi connectivity index (χ0v) is 20.1.